The van der Waals surface area contributed by atoms with E-state index in [4.69, 9.17) is 0 Å². The second-order valence-corrected chi connectivity index (χ2v) is 6.64. The molecule has 0 saturated heterocycles. The molecule has 1 amide bonds. The third kappa shape index (κ3) is 6.58. The third-order valence-electron chi connectivity index (χ3n) is 3.67. The number of hydrogen-bond acceptors (Lipinski definition) is 3. The minimum Gasteiger partial charge on any atom is -0.357 e. The minimum absolute atomic E-state index is 0.0631. The average molecular weight is 359 g/mol. The number of guanidine groups is 1. The lowest BCUT2D eigenvalue weighted by Gasteiger charge is -2.21. The largest absolute Gasteiger partial charge is 0.357 e. The van der Waals surface area contributed by atoms with Crippen molar-refractivity contribution in [1.82, 2.24) is 15.5 Å². The fraction of sp³-hybridized carbons (Fsp3) is 0.368. The highest BCUT2D eigenvalue weighted by Gasteiger charge is 2.07. The lowest BCUT2D eigenvalue weighted by Crippen LogP contribution is -2.40. The molecule has 25 heavy (non-hydrogen) atoms. The quantitative estimate of drug-likeness (QED) is 0.433. The SMILES string of the molecule is CCNC(=NCCNC(=O)c1ccccc1)N(C)CCc1cccs1. The second-order valence-electron chi connectivity index (χ2n) is 5.61. The lowest BCUT2D eigenvalue weighted by atomic mass is 10.2. The Balaban J connectivity index is 1.79. The number of aliphatic imine (C=N–C) groups is 1. The van der Waals surface area contributed by atoms with Gasteiger partial charge in [0.2, 0.25) is 0 Å². The summed E-state index contributed by atoms with van der Waals surface area (Å²) in [5.41, 5.74) is 0.673. The predicted molar refractivity (Wildman–Crippen MR) is 105 cm³/mol. The van der Waals surface area contributed by atoms with Gasteiger partial charge in [-0.3, -0.25) is 9.79 Å². The van der Waals surface area contributed by atoms with Gasteiger partial charge in [-0.2, -0.15) is 0 Å². The number of carbonyl (C=O) groups excluding carboxylic acids is 1. The van der Waals surface area contributed by atoms with Gasteiger partial charge in [-0.25, -0.2) is 0 Å². The predicted octanol–water partition coefficient (Wildman–Crippen LogP) is 2.62. The molecule has 0 unspecified atom stereocenters. The molecule has 2 rings (SSSR count). The summed E-state index contributed by atoms with van der Waals surface area (Å²) in [4.78, 5) is 20.1. The van der Waals surface area contributed by atoms with Crippen LogP contribution in [0.5, 0.6) is 0 Å². The van der Waals surface area contributed by atoms with E-state index in [0.29, 0.717) is 18.7 Å². The van der Waals surface area contributed by atoms with Gasteiger partial charge in [-0.05, 0) is 36.9 Å². The molecule has 0 saturated carbocycles. The number of thiophene rings is 1. The summed E-state index contributed by atoms with van der Waals surface area (Å²) >= 11 is 1.78. The van der Waals surface area contributed by atoms with Crippen LogP contribution in [0.1, 0.15) is 22.2 Å². The molecule has 5 nitrogen and oxygen atoms in total. The smallest absolute Gasteiger partial charge is 0.251 e. The van der Waals surface area contributed by atoms with Crippen molar-refractivity contribution in [2.45, 2.75) is 13.3 Å². The molecule has 1 aromatic heterocycles. The molecule has 0 atom stereocenters. The van der Waals surface area contributed by atoms with Crippen LogP contribution in [-0.4, -0.2) is 50.0 Å². The number of carbonyl (C=O) groups is 1. The van der Waals surface area contributed by atoms with Gasteiger partial charge in [0.25, 0.3) is 5.91 Å². The van der Waals surface area contributed by atoms with Crippen LogP contribution < -0.4 is 10.6 Å². The molecule has 134 valence electrons. The van der Waals surface area contributed by atoms with E-state index in [1.54, 1.807) is 23.5 Å². The molecular weight excluding hydrogens is 332 g/mol. The molecular formula is C19H26N4OS. The molecule has 2 N–H and O–H groups in total. The standard InChI is InChI=1S/C19H26N4OS/c1-3-20-19(23(2)14-11-17-10-7-15-25-17)22-13-12-21-18(24)16-8-5-4-6-9-16/h4-10,15H,3,11-14H2,1-2H3,(H,20,22)(H,21,24). The zero-order valence-electron chi connectivity index (χ0n) is 14.9. The van der Waals surface area contributed by atoms with Crippen molar-refractivity contribution >= 4 is 23.2 Å². The van der Waals surface area contributed by atoms with E-state index in [9.17, 15) is 4.79 Å². The van der Waals surface area contributed by atoms with Crippen molar-refractivity contribution in [2.24, 2.45) is 4.99 Å². The number of rotatable bonds is 8. The highest BCUT2D eigenvalue weighted by Crippen LogP contribution is 2.09. The first kappa shape index (κ1) is 19.0. The summed E-state index contributed by atoms with van der Waals surface area (Å²) in [7, 11) is 2.04. The Hall–Kier alpha value is -2.34. The molecule has 2 aromatic rings. The van der Waals surface area contributed by atoms with E-state index < -0.39 is 0 Å². The molecule has 0 bridgehead atoms. The Bertz CT molecular complexity index is 655. The van der Waals surface area contributed by atoms with Crippen molar-refractivity contribution in [3.8, 4) is 0 Å². The number of likely N-dealkylation sites (N-methyl/N-ethyl adjacent to an activating group) is 1. The Labute approximate surface area is 153 Å². The molecule has 0 spiro atoms. The number of hydrogen-bond donors (Lipinski definition) is 2. The van der Waals surface area contributed by atoms with E-state index in [0.717, 1.165) is 25.5 Å². The van der Waals surface area contributed by atoms with Gasteiger partial charge in [0.05, 0.1) is 6.54 Å². The van der Waals surface area contributed by atoms with E-state index in [1.807, 2.05) is 25.2 Å². The van der Waals surface area contributed by atoms with Crippen molar-refractivity contribution in [3.05, 3.63) is 58.3 Å². The van der Waals surface area contributed by atoms with Crippen molar-refractivity contribution in [1.29, 1.82) is 0 Å². The van der Waals surface area contributed by atoms with Crippen LogP contribution in [0.4, 0.5) is 0 Å². The van der Waals surface area contributed by atoms with E-state index >= 15 is 0 Å². The highest BCUT2D eigenvalue weighted by molar-refractivity contribution is 7.09. The third-order valence-corrected chi connectivity index (χ3v) is 4.60. The number of nitrogens with one attached hydrogen (secondary N) is 2. The maximum Gasteiger partial charge on any atom is 0.251 e. The van der Waals surface area contributed by atoms with E-state index in [2.05, 4.69) is 45.0 Å². The Morgan fingerprint density at radius 3 is 2.64 bits per heavy atom. The molecule has 0 fully saturated rings. The molecule has 0 aliphatic rings. The summed E-state index contributed by atoms with van der Waals surface area (Å²) in [6.07, 6.45) is 1.00. The highest BCUT2D eigenvalue weighted by atomic mass is 32.1. The maximum absolute atomic E-state index is 12.0. The first-order valence-corrected chi connectivity index (χ1v) is 9.43. The Morgan fingerprint density at radius 2 is 1.96 bits per heavy atom. The molecule has 6 heteroatoms. The lowest BCUT2D eigenvalue weighted by molar-refractivity contribution is 0.0955. The van der Waals surface area contributed by atoms with Crippen molar-refractivity contribution < 1.29 is 4.79 Å². The van der Waals surface area contributed by atoms with E-state index in [-0.39, 0.29) is 5.91 Å². The summed E-state index contributed by atoms with van der Waals surface area (Å²) in [6, 6.07) is 13.5. The minimum atomic E-state index is -0.0631. The summed E-state index contributed by atoms with van der Waals surface area (Å²) in [5.74, 6) is 0.805. The molecule has 0 aliphatic heterocycles. The summed E-state index contributed by atoms with van der Waals surface area (Å²) < 4.78 is 0. The zero-order chi connectivity index (χ0) is 17.9. The van der Waals surface area contributed by atoms with Gasteiger partial charge in [-0.1, -0.05) is 24.3 Å². The van der Waals surface area contributed by atoms with Crippen LogP contribution in [0.2, 0.25) is 0 Å². The van der Waals surface area contributed by atoms with Crippen LogP contribution in [0.15, 0.2) is 52.8 Å². The topological polar surface area (TPSA) is 56.7 Å². The maximum atomic E-state index is 12.0. The fourth-order valence-corrected chi connectivity index (χ4v) is 3.03. The van der Waals surface area contributed by atoms with Gasteiger partial charge in [0, 0.05) is 37.1 Å². The van der Waals surface area contributed by atoms with Gasteiger partial charge in [-0.15, -0.1) is 11.3 Å². The normalized spacial score (nSPS) is 11.2. The van der Waals surface area contributed by atoms with Crippen molar-refractivity contribution in [3.63, 3.8) is 0 Å². The molecule has 0 aliphatic carbocycles. The van der Waals surface area contributed by atoms with Gasteiger partial charge in [0.1, 0.15) is 0 Å². The zero-order valence-corrected chi connectivity index (χ0v) is 15.7. The Kier molecular flexibility index (Phi) is 7.98. The van der Waals surface area contributed by atoms with Crippen LogP contribution in [0.3, 0.4) is 0 Å². The Morgan fingerprint density at radius 1 is 1.16 bits per heavy atom. The molecule has 1 aromatic carbocycles. The molecule has 1 heterocycles. The fourth-order valence-electron chi connectivity index (χ4n) is 2.33. The number of benzene rings is 1. The van der Waals surface area contributed by atoms with Crippen molar-refractivity contribution in [2.75, 3.05) is 33.2 Å². The molecule has 0 radical (unpaired) electrons. The first-order valence-electron chi connectivity index (χ1n) is 8.55. The monoisotopic (exact) mass is 358 g/mol. The van der Waals surface area contributed by atoms with Crippen LogP contribution in [0, 0.1) is 0 Å². The first-order chi connectivity index (χ1) is 12.2. The van der Waals surface area contributed by atoms with Crippen LogP contribution in [0.25, 0.3) is 0 Å². The van der Waals surface area contributed by atoms with Gasteiger partial charge < -0.3 is 15.5 Å². The van der Waals surface area contributed by atoms with Gasteiger partial charge >= 0.3 is 0 Å². The second kappa shape index (κ2) is 10.5. The van der Waals surface area contributed by atoms with Crippen LogP contribution in [-0.2, 0) is 6.42 Å². The van der Waals surface area contributed by atoms with E-state index in [1.165, 1.54) is 4.88 Å². The summed E-state index contributed by atoms with van der Waals surface area (Å²) in [6.45, 7) is 4.84. The number of nitrogens with zero attached hydrogens (tertiary/aromatic N) is 2. The number of amides is 1. The van der Waals surface area contributed by atoms with Crippen LogP contribution >= 0.6 is 11.3 Å². The summed E-state index contributed by atoms with van der Waals surface area (Å²) in [5, 5.41) is 8.30. The van der Waals surface area contributed by atoms with Gasteiger partial charge in [0.15, 0.2) is 5.96 Å². The average Bonchev–Trinajstić information content (AvgIpc) is 3.16.